The third-order valence-corrected chi connectivity index (χ3v) is 4.03. The summed E-state index contributed by atoms with van der Waals surface area (Å²) < 4.78 is 5.19. The molecule has 0 aliphatic heterocycles. The highest BCUT2D eigenvalue weighted by molar-refractivity contribution is 7.80. The molecule has 5 nitrogen and oxygen atoms in total. The monoisotopic (exact) mass is 370 g/mol. The fourth-order valence-electron chi connectivity index (χ4n) is 2.54. The lowest BCUT2D eigenvalue weighted by Gasteiger charge is -2.22. The molecule has 6 heteroatoms. The predicted molar refractivity (Wildman–Crippen MR) is 115 cm³/mol. The largest absolute Gasteiger partial charge is 0.497 e. The Morgan fingerprint density at radius 3 is 2.62 bits per heavy atom. The minimum Gasteiger partial charge on any atom is -0.497 e. The summed E-state index contributed by atoms with van der Waals surface area (Å²) in [7, 11) is 1.63. The summed E-state index contributed by atoms with van der Waals surface area (Å²) in [6.07, 6.45) is 2.89. The van der Waals surface area contributed by atoms with E-state index in [0.717, 1.165) is 36.5 Å². The van der Waals surface area contributed by atoms with E-state index in [0.29, 0.717) is 5.11 Å². The van der Waals surface area contributed by atoms with E-state index in [1.807, 2.05) is 24.3 Å². The molecule has 0 aromatic heterocycles. The standard InChI is InChI=1S/C20H26N4OS/c1-4-13-24(5-2)18-11-9-16(10-12-18)15-21-23-20(26)22-17-7-6-8-19(14-17)25-3/h6-12,14-15H,4-5,13H2,1-3H3,(H2,22,23,26). The Balaban J connectivity index is 1.88. The van der Waals surface area contributed by atoms with Gasteiger partial charge in [0.15, 0.2) is 5.11 Å². The Hall–Kier alpha value is -2.60. The summed E-state index contributed by atoms with van der Waals surface area (Å²) in [4.78, 5) is 2.35. The van der Waals surface area contributed by atoms with E-state index >= 15 is 0 Å². The van der Waals surface area contributed by atoms with Gasteiger partial charge in [-0.3, -0.25) is 5.43 Å². The Morgan fingerprint density at radius 1 is 1.19 bits per heavy atom. The fourth-order valence-corrected chi connectivity index (χ4v) is 2.71. The third kappa shape index (κ3) is 6.04. The highest BCUT2D eigenvalue weighted by atomic mass is 32.1. The molecule has 0 bridgehead atoms. The van der Waals surface area contributed by atoms with Crippen LogP contribution in [0.3, 0.4) is 0 Å². The predicted octanol–water partition coefficient (Wildman–Crippen LogP) is 4.25. The molecule has 0 amide bonds. The molecule has 0 spiro atoms. The van der Waals surface area contributed by atoms with E-state index in [-0.39, 0.29) is 0 Å². The van der Waals surface area contributed by atoms with Crippen LogP contribution in [0.25, 0.3) is 0 Å². The van der Waals surface area contributed by atoms with Gasteiger partial charge in [0.1, 0.15) is 5.75 Å². The quantitative estimate of drug-likeness (QED) is 0.413. The lowest BCUT2D eigenvalue weighted by atomic mass is 10.2. The summed E-state index contributed by atoms with van der Waals surface area (Å²) >= 11 is 5.25. The van der Waals surface area contributed by atoms with Gasteiger partial charge in [-0.05, 0) is 55.4 Å². The molecule has 0 saturated heterocycles. The smallest absolute Gasteiger partial charge is 0.191 e. The zero-order chi connectivity index (χ0) is 18.8. The molecule has 138 valence electrons. The molecule has 0 aliphatic rings. The molecule has 0 atom stereocenters. The van der Waals surface area contributed by atoms with E-state index in [1.54, 1.807) is 13.3 Å². The zero-order valence-corrected chi connectivity index (χ0v) is 16.3. The van der Waals surface area contributed by atoms with Gasteiger partial charge in [-0.25, -0.2) is 0 Å². The maximum atomic E-state index is 5.25. The maximum Gasteiger partial charge on any atom is 0.191 e. The van der Waals surface area contributed by atoms with Gasteiger partial charge in [-0.2, -0.15) is 5.10 Å². The Bertz CT molecular complexity index is 731. The first-order chi connectivity index (χ1) is 12.7. The fraction of sp³-hybridized carbons (Fsp3) is 0.300. The van der Waals surface area contributed by atoms with Crippen molar-refractivity contribution in [1.82, 2.24) is 5.43 Å². The normalized spacial score (nSPS) is 10.6. The number of rotatable bonds is 8. The van der Waals surface area contributed by atoms with Gasteiger partial charge < -0.3 is 15.0 Å². The van der Waals surface area contributed by atoms with Crippen molar-refractivity contribution in [3.05, 3.63) is 54.1 Å². The van der Waals surface area contributed by atoms with Crippen LogP contribution < -0.4 is 20.4 Å². The molecule has 2 rings (SSSR count). The first-order valence-corrected chi connectivity index (χ1v) is 9.16. The topological polar surface area (TPSA) is 48.9 Å². The van der Waals surface area contributed by atoms with Gasteiger partial charge in [0, 0.05) is 30.5 Å². The molecule has 2 aromatic rings. The van der Waals surface area contributed by atoms with Crippen LogP contribution >= 0.6 is 12.2 Å². The number of benzene rings is 2. The molecular formula is C20H26N4OS. The van der Waals surface area contributed by atoms with Gasteiger partial charge in [-0.1, -0.05) is 25.1 Å². The summed E-state index contributed by atoms with van der Waals surface area (Å²) in [6, 6.07) is 15.9. The Labute approximate surface area is 161 Å². The molecule has 0 saturated carbocycles. The molecule has 2 aromatic carbocycles. The van der Waals surface area contributed by atoms with Crippen LogP contribution in [0, 0.1) is 0 Å². The van der Waals surface area contributed by atoms with Crippen molar-refractivity contribution in [2.75, 3.05) is 30.4 Å². The van der Waals surface area contributed by atoms with Crippen molar-refractivity contribution in [1.29, 1.82) is 0 Å². The zero-order valence-electron chi connectivity index (χ0n) is 15.5. The van der Waals surface area contributed by atoms with Gasteiger partial charge in [-0.15, -0.1) is 0 Å². The number of thiocarbonyl (C=S) groups is 1. The van der Waals surface area contributed by atoms with E-state index in [9.17, 15) is 0 Å². The summed E-state index contributed by atoms with van der Waals surface area (Å²) in [5.41, 5.74) is 5.91. The van der Waals surface area contributed by atoms with Crippen LogP contribution in [0.15, 0.2) is 53.6 Å². The minimum atomic E-state index is 0.422. The third-order valence-electron chi connectivity index (χ3n) is 3.84. The molecule has 26 heavy (non-hydrogen) atoms. The van der Waals surface area contributed by atoms with Crippen molar-refractivity contribution >= 4 is 34.9 Å². The average Bonchev–Trinajstić information content (AvgIpc) is 2.67. The van der Waals surface area contributed by atoms with Gasteiger partial charge in [0.25, 0.3) is 0 Å². The number of anilines is 2. The maximum absolute atomic E-state index is 5.25. The minimum absolute atomic E-state index is 0.422. The molecular weight excluding hydrogens is 344 g/mol. The summed E-state index contributed by atoms with van der Waals surface area (Å²) in [6.45, 7) is 6.44. The number of hydrogen-bond donors (Lipinski definition) is 2. The lowest BCUT2D eigenvalue weighted by Crippen LogP contribution is -2.24. The molecule has 0 heterocycles. The van der Waals surface area contributed by atoms with E-state index < -0.39 is 0 Å². The van der Waals surface area contributed by atoms with Crippen LogP contribution in [-0.2, 0) is 0 Å². The first-order valence-electron chi connectivity index (χ1n) is 8.75. The molecule has 2 N–H and O–H groups in total. The highest BCUT2D eigenvalue weighted by Crippen LogP contribution is 2.16. The molecule has 0 fully saturated rings. The number of hydrogen-bond acceptors (Lipinski definition) is 4. The van der Waals surface area contributed by atoms with Gasteiger partial charge in [0.2, 0.25) is 0 Å². The van der Waals surface area contributed by atoms with Crippen LogP contribution in [-0.4, -0.2) is 31.5 Å². The van der Waals surface area contributed by atoms with Crippen LogP contribution in [0.1, 0.15) is 25.8 Å². The molecule has 0 aliphatic carbocycles. The lowest BCUT2D eigenvalue weighted by molar-refractivity contribution is 0.415. The SMILES string of the molecule is CCCN(CC)c1ccc(C=NNC(=S)Nc2cccc(OC)c2)cc1. The van der Waals surface area contributed by atoms with Crippen molar-refractivity contribution in [3.8, 4) is 5.75 Å². The van der Waals surface area contributed by atoms with E-state index in [4.69, 9.17) is 17.0 Å². The molecule has 0 radical (unpaired) electrons. The number of hydrazone groups is 1. The summed E-state index contributed by atoms with van der Waals surface area (Å²) in [5.74, 6) is 0.769. The van der Waals surface area contributed by atoms with E-state index in [2.05, 4.69) is 58.9 Å². The Kier molecular flexibility index (Phi) is 7.89. The van der Waals surface area contributed by atoms with Gasteiger partial charge >= 0.3 is 0 Å². The van der Waals surface area contributed by atoms with Crippen molar-refractivity contribution < 1.29 is 4.74 Å². The number of nitrogens with zero attached hydrogens (tertiary/aromatic N) is 2. The number of ether oxygens (including phenoxy) is 1. The van der Waals surface area contributed by atoms with Crippen LogP contribution in [0.5, 0.6) is 5.75 Å². The average molecular weight is 371 g/mol. The second kappa shape index (κ2) is 10.4. The van der Waals surface area contributed by atoms with E-state index in [1.165, 1.54) is 5.69 Å². The van der Waals surface area contributed by atoms with Crippen LogP contribution in [0.2, 0.25) is 0 Å². The first kappa shape index (κ1) is 19.7. The second-order valence-corrected chi connectivity index (χ2v) is 6.14. The van der Waals surface area contributed by atoms with Gasteiger partial charge in [0.05, 0.1) is 13.3 Å². The van der Waals surface area contributed by atoms with Crippen LogP contribution in [0.4, 0.5) is 11.4 Å². The van der Waals surface area contributed by atoms with Crippen molar-refractivity contribution in [2.45, 2.75) is 20.3 Å². The van der Waals surface area contributed by atoms with Crippen molar-refractivity contribution in [3.63, 3.8) is 0 Å². The number of methoxy groups -OCH3 is 1. The Morgan fingerprint density at radius 2 is 1.96 bits per heavy atom. The second-order valence-electron chi connectivity index (χ2n) is 5.73. The van der Waals surface area contributed by atoms with Crippen molar-refractivity contribution in [2.24, 2.45) is 5.10 Å². The molecule has 0 unspecified atom stereocenters. The highest BCUT2D eigenvalue weighted by Gasteiger charge is 2.02. The summed E-state index contributed by atoms with van der Waals surface area (Å²) in [5, 5.41) is 7.68. The number of nitrogens with one attached hydrogen (secondary N) is 2.